The molecule has 0 atom stereocenters. The first-order valence-corrected chi connectivity index (χ1v) is 10.8. The first-order valence-electron chi connectivity index (χ1n) is 9.99. The summed E-state index contributed by atoms with van der Waals surface area (Å²) in [5.41, 5.74) is 8.75. The van der Waals surface area contributed by atoms with E-state index < -0.39 is 0 Å². The van der Waals surface area contributed by atoms with Crippen LogP contribution in [0, 0.1) is 5.41 Å². The van der Waals surface area contributed by atoms with Gasteiger partial charge in [0.1, 0.15) is 5.00 Å². The molecule has 2 saturated heterocycles. The van der Waals surface area contributed by atoms with Crippen molar-refractivity contribution < 1.29 is 9.53 Å². The lowest BCUT2D eigenvalue weighted by Gasteiger charge is -2.28. The molecule has 154 valence electrons. The Kier molecular flexibility index (Phi) is 4.84. The summed E-state index contributed by atoms with van der Waals surface area (Å²) in [7, 11) is 0. The molecule has 0 aliphatic carbocycles. The van der Waals surface area contributed by atoms with Gasteiger partial charge in [-0.25, -0.2) is 9.97 Å². The highest BCUT2D eigenvalue weighted by atomic mass is 32.1. The van der Waals surface area contributed by atoms with Crippen LogP contribution in [0.4, 0.5) is 16.5 Å². The number of aromatic nitrogens is 2. The Morgan fingerprint density at radius 1 is 1.20 bits per heavy atom. The molecule has 0 saturated carbocycles. The first kappa shape index (κ1) is 19.0. The highest BCUT2D eigenvalue weighted by molar-refractivity contribution is 7.23. The Morgan fingerprint density at radius 3 is 2.77 bits per heavy atom. The van der Waals surface area contributed by atoms with Gasteiger partial charge in [0, 0.05) is 49.1 Å². The number of anilines is 3. The number of nitrogens with zero attached hydrogens (tertiary/aromatic N) is 4. The quantitative estimate of drug-likeness (QED) is 0.494. The summed E-state index contributed by atoms with van der Waals surface area (Å²) in [5.74, 6) is 1.54. The number of hydrogen-bond donors (Lipinski definition) is 2. The third-order valence-corrected chi connectivity index (χ3v) is 6.66. The van der Waals surface area contributed by atoms with E-state index in [9.17, 15) is 4.79 Å². The highest BCUT2D eigenvalue weighted by Crippen LogP contribution is 2.40. The van der Waals surface area contributed by atoms with Crippen LogP contribution < -0.4 is 15.5 Å². The molecule has 4 heterocycles. The predicted molar refractivity (Wildman–Crippen MR) is 120 cm³/mol. The molecule has 2 aromatic heterocycles. The molecule has 1 amide bonds. The van der Waals surface area contributed by atoms with E-state index in [0.717, 1.165) is 52.7 Å². The molecule has 1 aromatic carbocycles. The second-order valence-electron chi connectivity index (χ2n) is 7.37. The molecule has 0 unspecified atom stereocenters. The number of rotatable bonds is 4. The van der Waals surface area contributed by atoms with Crippen molar-refractivity contribution in [1.29, 1.82) is 5.41 Å². The molecule has 3 aromatic rings. The molecule has 8 nitrogen and oxygen atoms in total. The largest absolute Gasteiger partial charge is 0.398 e. The van der Waals surface area contributed by atoms with Crippen molar-refractivity contribution in [2.24, 2.45) is 0 Å². The summed E-state index contributed by atoms with van der Waals surface area (Å²) in [4.78, 5) is 26.1. The van der Waals surface area contributed by atoms with Gasteiger partial charge in [-0.2, -0.15) is 0 Å². The van der Waals surface area contributed by atoms with Crippen molar-refractivity contribution in [1.82, 2.24) is 9.97 Å². The standard InChI is InChI=1S/C21H22N6O2S/c22-12-14-13(3-1-4-15(14)23)20-24-16-11-18(27-6-2-5-17(27)28)30-19(16)21(25-20)26-7-9-29-10-8-26/h1,3-4,11-12,22H,2,5-10,23H2. The maximum absolute atomic E-state index is 12.3. The summed E-state index contributed by atoms with van der Waals surface area (Å²) in [6.07, 6.45) is 2.72. The molecular weight excluding hydrogens is 400 g/mol. The maximum Gasteiger partial charge on any atom is 0.227 e. The second-order valence-corrected chi connectivity index (χ2v) is 8.40. The summed E-state index contributed by atoms with van der Waals surface area (Å²) < 4.78 is 6.49. The van der Waals surface area contributed by atoms with Gasteiger partial charge < -0.3 is 25.7 Å². The van der Waals surface area contributed by atoms with Gasteiger partial charge in [0.25, 0.3) is 0 Å². The number of thiophene rings is 1. The van der Waals surface area contributed by atoms with Gasteiger partial charge in [-0.1, -0.05) is 12.1 Å². The van der Waals surface area contributed by atoms with Crippen LogP contribution in [0.25, 0.3) is 21.6 Å². The van der Waals surface area contributed by atoms with Crippen LogP contribution in [0.5, 0.6) is 0 Å². The normalized spacial score (nSPS) is 17.1. The van der Waals surface area contributed by atoms with Gasteiger partial charge in [-0.3, -0.25) is 4.79 Å². The molecule has 2 aliphatic heterocycles. The number of ether oxygens (including phenoxy) is 1. The Morgan fingerprint density at radius 2 is 2.03 bits per heavy atom. The van der Waals surface area contributed by atoms with Crippen molar-refractivity contribution in [2.75, 3.05) is 48.4 Å². The number of nitrogens with two attached hydrogens (primary N) is 1. The zero-order valence-electron chi connectivity index (χ0n) is 16.4. The van der Waals surface area contributed by atoms with Gasteiger partial charge in [0.05, 0.1) is 23.4 Å². The van der Waals surface area contributed by atoms with Gasteiger partial charge in [-0.15, -0.1) is 11.3 Å². The number of benzene rings is 1. The Balaban J connectivity index is 1.70. The highest BCUT2D eigenvalue weighted by Gasteiger charge is 2.26. The zero-order valence-corrected chi connectivity index (χ0v) is 17.2. The van der Waals surface area contributed by atoms with Crippen molar-refractivity contribution in [2.45, 2.75) is 12.8 Å². The third-order valence-electron chi connectivity index (χ3n) is 5.52. The zero-order chi connectivity index (χ0) is 20.7. The van der Waals surface area contributed by atoms with Crippen LogP contribution in [0.1, 0.15) is 18.4 Å². The molecule has 5 rings (SSSR count). The lowest BCUT2D eigenvalue weighted by atomic mass is 10.1. The molecule has 0 bridgehead atoms. The molecular formula is C21H22N6O2S. The fraction of sp³-hybridized carbons (Fsp3) is 0.333. The Labute approximate surface area is 177 Å². The number of morpholine rings is 1. The Hall–Kier alpha value is -3.04. The summed E-state index contributed by atoms with van der Waals surface area (Å²) in [5, 5.41) is 8.71. The predicted octanol–water partition coefficient (Wildman–Crippen LogP) is 2.90. The third kappa shape index (κ3) is 3.20. The van der Waals surface area contributed by atoms with Crippen LogP contribution >= 0.6 is 11.3 Å². The number of amides is 1. The van der Waals surface area contributed by atoms with E-state index in [4.69, 9.17) is 25.8 Å². The van der Waals surface area contributed by atoms with E-state index >= 15 is 0 Å². The minimum atomic E-state index is 0.157. The van der Waals surface area contributed by atoms with Gasteiger partial charge in [0.2, 0.25) is 5.91 Å². The average molecular weight is 423 g/mol. The summed E-state index contributed by atoms with van der Waals surface area (Å²) >= 11 is 1.56. The van der Waals surface area contributed by atoms with Gasteiger partial charge in [-0.05, 0) is 18.6 Å². The van der Waals surface area contributed by atoms with Gasteiger partial charge in [0.15, 0.2) is 11.6 Å². The van der Waals surface area contributed by atoms with Crippen LogP contribution in [0.3, 0.4) is 0 Å². The molecule has 9 heteroatoms. The van der Waals surface area contributed by atoms with Gasteiger partial charge >= 0.3 is 0 Å². The molecule has 2 aliphatic rings. The first-order chi connectivity index (χ1) is 14.7. The lowest BCUT2D eigenvalue weighted by Crippen LogP contribution is -2.36. The lowest BCUT2D eigenvalue weighted by molar-refractivity contribution is -0.117. The van der Waals surface area contributed by atoms with E-state index in [0.29, 0.717) is 36.7 Å². The fourth-order valence-corrected chi connectivity index (χ4v) is 5.12. The van der Waals surface area contributed by atoms with Crippen molar-refractivity contribution in [3.05, 3.63) is 29.8 Å². The molecule has 2 fully saturated rings. The monoisotopic (exact) mass is 422 g/mol. The number of nitrogens with one attached hydrogen (secondary N) is 1. The number of carbonyl (C=O) groups is 1. The minimum absolute atomic E-state index is 0.157. The maximum atomic E-state index is 12.3. The van der Waals surface area contributed by atoms with Crippen LogP contribution in [0.2, 0.25) is 0 Å². The van der Waals surface area contributed by atoms with Crippen molar-refractivity contribution >= 4 is 50.2 Å². The van der Waals surface area contributed by atoms with E-state index in [-0.39, 0.29) is 5.91 Å². The van der Waals surface area contributed by atoms with Crippen molar-refractivity contribution in [3.63, 3.8) is 0 Å². The molecule has 0 spiro atoms. The number of nitrogen functional groups attached to an aromatic ring is 1. The van der Waals surface area contributed by atoms with E-state index in [1.165, 1.54) is 6.21 Å². The topological polar surface area (TPSA) is 108 Å². The molecule has 3 N–H and O–H groups in total. The number of fused-ring (bicyclic) bond motifs is 1. The van der Waals surface area contributed by atoms with E-state index in [2.05, 4.69) is 4.90 Å². The van der Waals surface area contributed by atoms with E-state index in [1.807, 2.05) is 23.1 Å². The van der Waals surface area contributed by atoms with Crippen LogP contribution in [-0.2, 0) is 9.53 Å². The number of hydrogen-bond acceptors (Lipinski definition) is 8. The van der Waals surface area contributed by atoms with E-state index in [1.54, 1.807) is 17.4 Å². The van der Waals surface area contributed by atoms with Crippen LogP contribution in [-0.4, -0.2) is 54.9 Å². The summed E-state index contributed by atoms with van der Waals surface area (Å²) in [6, 6.07) is 7.49. The average Bonchev–Trinajstić information content (AvgIpc) is 3.39. The minimum Gasteiger partial charge on any atom is -0.398 e. The SMILES string of the molecule is N=Cc1c(N)cccc1-c1nc(N2CCOCC2)c2sc(N3CCCC3=O)cc2n1. The summed E-state index contributed by atoms with van der Waals surface area (Å²) in [6.45, 7) is 3.53. The van der Waals surface area contributed by atoms with Crippen molar-refractivity contribution in [3.8, 4) is 11.4 Å². The fourth-order valence-electron chi connectivity index (χ4n) is 3.97. The Bertz CT molecular complexity index is 1140. The second kappa shape index (κ2) is 7.66. The molecule has 0 radical (unpaired) electrons. The van der Waals surface area contributed by atoms with Crippen LogP contribution in [0.15, 0.2) is 24.3 Å². The smallest absolute Gasteiger partial charge is 0.227 e. The number of carbonyl (C=O) groups excluding carboxylic acids is 1. The molecule has 30 heavy (non-hydrogen) atoms.